The Hall–Kier alpha value is -1.52. The standard InChI is InChI=1S/C16H21NO2S/c1-3-17-11-14-5-4-6-15(18-2)16(14)19-9-7-13-8-10-20-12-13/h4-6,8,10,12,17H,3,7,9,11H2,1-2H3. The minimum absolute atomic E-state index is 0.663. The summed E-state index contributed by atoms with van der Waals surface area (Å²) in [7, 11) is 1.68. The molecule has 1 aromatic carbocycles. The molecular formula is C16H21NO2S. The summed E-state index contributed by atoms with van der Waals surface area (Å²) in [6, 6.07) is 8.15. The lowest BCUT2D eigenvalue weighted by molar-refractivity contribution is 0.294. The zero-order valence-corrected chi connectivity index (χ0v) is 12.8. The molecule has 0 fully saturated rings. The third kappa shape index (κ3) is 3.99. The predicted molar refractivity (Wildman–Crippen MR) is 83.9 cm³/mol. The Morgan fingerprint density at radius 1 is 1.25 bits per heavy atom. The van der Waals surface area contributed by atoms with Crippen LogP contribution in [0.3, 0.4) is 0 Å². The van der Waals surface area contributed by atoms with Gasteiger partial charge in [0.25, 0.3) is 0 Å². The molecule has 0 saturated heterocycles. The van der Waals surface area contributed by atoms with Gasteiger partial charge in [0.15, 0.2) is 11.5 Å². The van der Waals surface area contributed by atoms with Crippen LogP contribution in [0.25, 0.3) is 0 Å². The second kappa shape index (κ2) is 7.92. The first kappa shape index (κ1) is 14.9. The van der Waals surface area contributed by atoms with Crippen LogP contribution in [0.4, 0.5) is 0 Å². The molecule has 0 saturated carbocycles. The Labute approximate surface area is 124 Å². The molecule has 3 nitrogen and oxygen atoms in total. The molecule has 2 aromatic rings. The SMILES string of the molecule is CCNCc1cccc(OC)c1OCCc1ccsc1. The van der Waals surface area contributed by atoms with Gasteiger partial charge in [0.1, 0.15) is 0 Å². The molecule has 0 unspecified atom stereocenters. The predicted octanol–water partition coefficient (Wildman–Crippen LogP) is 3.49. The first-order chi connectivity index (χ1) is 9.85. The van der Waals surface area contributed by atoms with Crippen molar-refractivity contribution >= 4 is 11.3 Å². The molecule has 2 rings (SSSR count). The summed E-state index contributed by atoms with van der Waals surface area (Å²) in [6.45, 7) is 4.49. The number of benzene rings is 1. The highest BCUT2D eigenvalue weighted by atomic mass is 32.1. The molecule has 1 heterocycles. The monoisotopic (exact) mass is 291 g/mol. The Morgan fingerprint density at radius 3 is 2.85 bits per heavy atom. The van der Waals surface area contributed by atoms with Crippen molar-refractivity contribution < 1.29 is 9.47 Å². The quantitative estimate of drug-likeness (QED) is 0.807. The van der Waals surface area contributed by atoms with E-state index in [0.29, 0.717) is 6.61 Å². The first-order valence-corrected chi connectivity index (χ1v) is 7.80. The summed E-state index contributed by atoms with van der Waals surface area (Å²) in [5.74, 6) is 1.65. The van der Waals surface area contributed by atoms with E-state index < -0.39 is 0 Å². The molecule has 1 N–H and O–H groups in total. The molecule has 0 bridgehead atoms. The molecule has 4 heteroatoms. The maximum absolute atomic E-state index is 5.97. The van der Waals surface area contributed by atoms with Gasteiger partial charge in [0.05, 0.1) is 13.7 Å². The Morgan fingerprint density at radius 2 is 2.15 bits per heavy atom. The minimum atomic E-state index is 0.663. The maximum atomic E-state index is 5.97. The minimum Gasteiger partial charge on any atom is -0.493 e. The van der Waals surface area contributed by atoms with E-state index in [1.807, 2.05) is 12.1 Å². The number of nitrogens with one attached hydrogen (secondary N) is 1. The summed E-state index contributed by atoms with van der Waals surface area (Å²) in [6.07, 6.45) is 0.919. The zero-order chi connectivity index (χ0) is 14.2. The fourth-order valence-electron chi connectivity index (χ4n) is 1.99. The van der Waals surface area contributed by atoms with Crippen LogP contribution in [0.2, 0.25) is 0 Å². The van der Waals surface area contributed by atoms with Gasteiger partial charge in [-0.3, -0.25) is 0 Å². The molecule has 1 aromatic heterocycles. The average Bonchev–Trinajstić information content (AvgIpc) is 2.99. The molecule has 0 aliphatic rings. The van der Waals surface area contributed by atoms with Gasteiger partial charge < -0.3 is 14.8 Å². The van der Waals surface area contributed by atoms with Crippen LogP contribution in [0.15, 0.2) is 35.0 Å². The van der Waals surface area contributed by atoms with Gasteiger partial charge in [-0.15, -0.1) is 0 Å². The first-order valence-electron chi connectivity index (χ1n) is 6.85. The van der Waals surface area contributed by atoms with Gasteiger partial charge >= 0.3 is 0 Å². The van der Waals surface area contributed by atoms with E-state index in [0.717, 1.165) is 36.6 Å². The summed E-state index contributed by atoms with van der Waals surface area (Å²) < 4.78 is 11.4. The van der Waals surface area contributed by atoms with Crippen LogP contribution >= 0.6 is 11.3 Å². The molecule has 0 spiro atoms. The molecule has 0 amide bonds. The maximum Gasteiger partial charge on any atom is 0.165 e. The normalized spacial score (nSPS) is 10.5. The Bertz CT molecular complexity index is 511. The summed E-state index contributed by atoms with van der Waals surface area (Å²) in [5, 5.41) is 7.58. The number of ether oxygens (including phenoxy) is 2. The lowest BCUT2D eigenvalue weighted by Crippen LogP contribution is -2.13. The van der Waals surface area contributed by atoms with Crippen LogP contribution < -0.4 is 14.8 Å². The number of rotatable bonds is 8. The van der Waals surface area contributed by atoms with Crippen molar-refractivity contribution in [2.75, 3.05) is 20.3 Å². The van der Waals surface area contributed by atoms with E-state index in [4.69, 9.17) is 9.47 Å². The molecule has 108 valence electrons. The summed E-state index contributed by atoms with van der Waals surface area (Å²) >= 11 is 1.72. The summed E-state index contributed by atoms with van der Waals surface area (Å²) in [5.41, 5.74) is 2.45. The molecule has 0 radical (unpaired) electrons. The fourth-order valence-corrected chi connectivity index (χ4v) is 2.69. The van der Waals surface area contributed by atoms with E-state index in [9.17, 15) is 0 Å². The third-order valence-corrected chi connectivity index (χ3v) is 3.80. The van der Waals surface area contributed by atoms with Crippen molar-refractivity contribution in [1.29, 1.82) is 0 Å². The van der Waals surface area contributed by atoms with Gasteiger partial charge in [-0.1, -0.05) is 19.1 Å². The highest BCUT2D eigenvalue weighted by molar-refractivity contribution is 7.07. The fraction of sp³-hybridized carbons (Fsp3) is 0.375. The van der Waals surface area contributed by atoms with Crippen LogP contribution in [-0.2, 0) is 13.0 Å². The van der Waals surface area contributed by atoms with Gasteiger partial charge in [-0.2, -0.15) is 11.3 Å². The van der Waals surface area contributed by atoms with Crippen molar-refractivity contribution in [2.24, 2.45) is 0 Å². The Kier molecular flexibility index (Phi) is 5.89. The van der Waals surface area contributed by atoms with Gasteiger partial charge in [0.2, 0.25) is 0 Å². The number of methoxy groups -OCH3 is 1. The molecule has 0 aliphatic heterocycles. The molecule has 0 aliphatic carbocycles. The van der Waals surface area contributed by atoms with Gasteiger partial charge in [-0.05, 0) is 35.0 Å². The van der Waals surface area contributed by atoms with Crippen LogP contribution in [0.1, 0.15) is 18.1 Å². The van der Waals surface area contributed by atoms with E-state index in [1.165, 1.54) is 5.56 Å². The number of thiophene rings is 1. The Balaban J connectivity index is 2.03. The molecule has 0 atom stereocenters. The number of hydrogen-bond acceptors (Lipinski definition) is 4. The van der Waals surface area contributed by atoms with Crippen LogP contribution in [-0.4, -0.2) is 20.3 Å². The second-order valence-electron chi connectivity index (χ2n) is 4.46. The van der Waals surface area contributed by atoms with Gasteiger partial charge in [0, 0.05) is 18.5 Å². The van der Waals surface area contributed by atoms with E-state index in [2.05, 4.69) is 35.1 Å². The second-order valence-corrected chi connectivity index (χ2v) is 5.24. The van der Waals surface area contributed by atoms with Crippen molar-refractivity contribution in [3.05, 3.63) is 46.2 Å². The van der Waals surface area contributed by atoms with Crippen LogP contribution in [0.5, 0.6) is 11.5 Å². The molecule has 20 heavy (non-hydrogen) atoms. The smallest absolute Gasteiger partial charge is 0.165 e. The van der Waals surface area contributed by atoms with E-state index in [1.54, 1.807) is 18.4 Å². The van der Waals surface area contributed by atoms with Crippen molar-refractivity contribution in [1.82, 2.24) is 5.32 Å². The van der Waals surface area contributed by atoms with Crippen molar-refractivity contribution in [3.63, 3.8) is 0 Å². The topological polar surface area (TPSA) is 30.5 Å². The molecular weight excluding hydrogens is 270 g/mol. The van der Waals surface area contributed by atoms with Crippen LogP contribution in [0, 0.1) is 0 Å². The largest absolute Gasteiger partial charge is 0.493 e. The summed E-state index contributed by atoms with van der Waals surface area (Å²) in [4.78, 5) is 0. The van der Waals surface area contributed by atoms with Crippen molar-refractivity contribution in [3.8, 4) is 11.5 Å². The highest BCUT2D eigenvalue weighted by Gasteiger charge is 2.10. The number of hydrogen-bond donors (Lipinski definition) is 1. The average molecular weight is 291 g/mol. The number of para-hydroxylation sites is 1. The van der Waals surface area contributed by atoms with Crippen molar-refractivity contribution in [2.45, 2.75) is 19.9 Å². The van der Waals surface area contributed by atoms with Gasteiger partial charge in [-0.25, -0.2) is 0 Å². The zero-order valence-electron chi connectivity index (χ0n) is 12.0. The van der Waals surface area contributed by atoms with E-state index in [-0.39, 0.29) is 0 Å². The lowest BCUT2D eigenvalue weighted by atomic mass is 10.2. The lowest BCUT2D eigenvalue weighted by Gasteiger charge is -2.15. The van der Waals surface area contributed by atoms with E-state index >= 15 is 0 Å². The third-order valence-electron chi connectivity index (χ3n) is 3.06. The highest BCUT2D eigenvalue weighted by Crippen LogP contribution is 2.31.